The fourth-order valence-corrected chi connectivity index (χ4v) is 3.80. The molecule has 1 amide bonds. The van der Waals surface area contributed by atoms with Crippen molar-refractivity contribution in [1.82, 2.24) is 4.57 Å². The van der Waals surface area contributed by atoms with Gasteiger partial charge in [0.2, 0.25) is 0 Å². The van der Waals surface area contributed by atoms with Crippen LogP contribution >= 0.6 is 22.9 Å². The van der Waals surface area contributed by atoms with Gasteiger partial charge in [-0.1, -0.05) is 41.1 Å². The average Bonchev–Trinajstić information content (AvgIpc) is 3.01. The molecule has 144 valence electrons. The molecule has 0 aliphatic carbocycles. The fraction of sp³-hybridized carbons (Fsp3) is 0.158. The molecule has 0 spiro atoms. The number of hydrogen-bond donors (Lipinski definition) is 0. The van der Waals surface area contributed by atoms with Crippen LogP contribution < -0.4 is 4.80 Å². The number of carbonyl (C=O) groups is 1. The molecule has 7 nitrogen and oxygen atoms in total. The molecule has 0 radical (unpaired) electrons. The predicted molar refractivity (Wildman–Crippen MR) is 109 cm³/mol. The van der Waals surface area contributed by atoms with Crippen molar-refractivity contribution in [3.8, 4) is 0 Å². The summed E-state index contributed by atoms with van der Waals surface area (Å²) in [6, 6.07) is 11.7. The summed E-state index contributed by atoms with van der Waals surface area (Å²) in [7, 11) is 1.56. The third-order valence-corrected chi connectivity index (χ3v) is 5.32. The number of non-ortho nitro benzene ring substituents is 1. The number of carbonyl (C=O) groups excluding carboxylic acids is 1. The van der Waals surface area contributed by atoms with Crippen LogP contribution in [0.3, 0.4) is 0 Å². The standard InChI is InChI=1S/C19H16ClN3O4S/c1-27-11-10-22-16-12-14(23(25)26)7-8-17(16)28-19(22)21-18(24)9-6-13-4-2-3-5-15(13)20/h2-9,12H,10-11H2,1H3. The third-order valence-electron chi connectivity index (χ3n) is 3.91. The van der Waals surface area contributed by atoms with Gasteiger partial charge in [0, 0.05) is 36.9 Å². The summed E-state index contributed by atoms with van der Waals surface area (Å²) in [5, 5.41) is 11.6. The second-order valence-corrected chi connectivity index (χ2v) is 7.16. The van der Waals surface area contributed by atoms with E-state index in [4.69, 9.17) is 16.3 Å². The van der Waals surface area contributed by atoms with E-state index >= 15 is 0 Å². The summed E-state index contributed by atoms with van der Waals surface area (Å²) < 4.78 is 7.66. The monoisotopic (exact) mass is 417 g/mol. The van der Waals surface area contributed by atoms with E-state index in [0.29, 0.717) is 34.1 Å². The van der Waals surface area contributed by atoms with Crippen LogP contribution in [0.1, 0.15) is 5.56 Å². The Hall–Kier alpha value is -2.81. The van der Waals surface area contributed by atoms with Crippen molar-refractivity contribution >= 4 is 50.8 Å². The molecule has 1 aromatic heterocycles. The smallest absolute Gasteiger partial charge is 0.272 e. The van der Waals surface area contributed by atoms with Gasteiger partial charge in [-0.2, -0.15) is 4.99 Å². The first-order valence-electron chi connectivity index (χ1n) is 8.27. The van der Waals surface area contributed by atoms with Gasteiger partial charge >= 0.3 is 0 Å². The first kappa shape index (κ1) is 19.9. The van der Waals surface area contributed by atoms with Gasteiger partial charge in [-0.25, -0.2) is 0 Å². The third kappa shape index (κ3) is 4.53. The summed E-state index contributed by atoms with van der Waals surface area (Å²) in [4.78, 5) is 27.6. The molecule has 0 saturated carbocycles. The maximum atomic E-state index is 12.3. The van der Waals surface area contributed by atoms with E-state index in [1.807, 2.05) is 6.07 Å². The SMILES string of the molecule is COCCn1c(=NC(=O)C=Cc2ccccc2Cl)sc2ccc([N+](=O)[O-])cc21. The first-order chi connectivity index (χ1) is 13.5. The van der Waals surface area contributed by atoms with E-state index in [0.717, 1.165) is 4.70 Å². The number of thiazole rings is 1. The molecule has 28 heavy (non-hydrogen) atoms. The molecule has 0 saturated heterocycles. The lowest BCUT2D eigenvalue weighted by Gasteiger charge is -2.03. The number of aromatic nitrogens is 1. The Kier molecular flexibility index (Phi) is 6.35. The molecule has 0 fully saturated rings. The Labute approximate surface area is 169 Å². The Morgan fingerprint density at radius 3 is 2.86 bits per heavy atom. The molecular weight excluding hydrogens is 402 g/mol. The zero-order valence-electron chi connectivity index (χ0n) is 14.9. The van der Waals surface area contributed by atoms with E-state index in [2.05, 4.69) is 4.99 Å². The molecule has 2 aromatic carbocycles. The number of nitro benzene ring substituents is 1. The second-order valence-electron chi connectivity index (χ2n) is 5.74. The largest absolute Gasteiger partial charge is 0.383 e. The highest BCUT2D eigenvalue weighted by Crippen LogP contribution is 2.23. The number of nitro groups is 1. The van der Waals surface area contributed by atoms with E-state index in [1.165, 1.54) is 29.5 Å². The number of benzene rings is 2. The van der Waals surface area contributed by atoms with Crippen molar-refractivity contribution < 1.29 is 14.5 Å². The van der Waals surface area contributed by atoms with Gasteiger partial charge in [0.1, 0.15) is 0 Å². The van der Waals surface area contributed by atoms with Crippen LogP contribution in [0.15, 0.2) is 53.5 Å². The number of methoxy groups -OCH3 is 1. The molecule has 0 aliphatic heterocycles. The molecule has 3 aromatic rings. The second kappa shape index (κ2) is 8.92. The number of ether oxygens (including phenoxy) is 1. The van der Waals surface area contributed by atoms with Crippen LogP contribution in [0.5, 0.6) is 0 Å². The number of rotatable bonds is 6. The summed E-state index contributed by atoms with van der Waals surface area (Å²) in [5.74, 6) is -0.452. The highest BCUT2D eigenvalue weighted by Gasteiger charge is 2.12. The van der Waals surface area contributed by atoms with Crippen LogP contribution in [-0.4, -0.2) is 29.1 Å². The van der Waals surface area contributed by atoms with E-state index < -0.39 is 10.8 Å². The number of fused-ring (bicyclic) bond motifs is 1. The van der Waals surface area contributed by atoms with Gasteiger partial charge in [0.25, 0.3) is 11.6 Å². The molecule has 0 aliphatic rings. The van der Waals surface area contributed by atoms with E-state index in [9.17, 15) is 14.9 Å². The first-order valence-corrected chi connectivity index (χ1v) is 9.47. The van der Waals surface area contributed by atoms with Crippen molar-refractivity contribution in [3.63, 3.8) is 0 Å². The summed E-state index contributed by atoms with van der Waals surface area (Å²) in [6.07, 6.45) is 2.94. The maximum absolute atomic E-state index is 12.3. The van der Waals surface area contributed by atoms with Crippen LogP contribution in [0.25, 0.3) is 16.3 Å². The lowest BCUT2D eigenvalue weighted by molar-refractivity contribution is -0.384. The average molecular weight is 418 g/mol. The van der Waals surface area contributed by atoms with Crippen LogP contribution in [-0.2, 0) is 16.1 Å². The highest BCUT2D eigenvalue weighted by atomic mass is 35.5. The van der Waals surface area contributed by atoms with Crippen molar-refractivity contribution in [2.45, 2.75) is 6.54 Å². The quantitative estimate of drug-likeness (QED) is 0.344. The van der Waals surface area contributed by atoms with Crippen LogP contribution in [0.2, 0.25) is 5.02 Å². The molecule has 9 heteroatoms. The predicted octanol–water partition coefficient (Wildman–Crippen LogP) is 4.05. The minimum Gasteiger partial charge on any atom is -0.383 e. The molecule has 1 heterocycles. The van der Waals surface area contributed by atoms with Gasteiger partial charge in [0.15, 0.2) is 4.80 Å². The minimum absolute atomic E-state index is 0.0204. The zero-order chi connectivity index (χ0) is 20.1. The minimum atomic E-state index is -0.452. The normalized spacial score (nSPS) is 12.1. The summed E-state index contributed by atoms with van der Waals surface area (Å²) in [5.41, 5.74) is 1.33. The lowest BCUT2D eigenvalue weighted by atomic mass is 10.2. The zero-order valence-corrected chi connectivity index (χ0v) is 16.4. The van der Waals surface area contributed by atoms with E-state index in [-0.39, 0.29) is 5.69 Å². The van der Waals surface area contributed by atoms with Gasteiger partial charge in [-0.05, 0) is 23.8 Å². The van der Waals surface area contributed by atoms with Crippen LogP contribution in [0, 0.1) is 10.1 Å². The maximum Gasteiger partial charge on any atom is 0.272 e. The van der Waals surface area contributed by atoms with E-state index in [1.54, 1.807) is 42.0 Å². The van der Waals surface area contributed by atoms with Gasteiger partial charge in [-0.15, -0.1) is 0 Å². The molecule has 0 N–H and O–H groups in total. The van der Waals surface area contributed by atoms with Gasteiger partial charge in [-0.3, -0.25) is 14.9 Å². The Morgan fingerprint density at radius 2 is 2.14 bits per heavy atom. The number of hydrogen-bond acceptors (Lipinski definition) is 5. The van der Waals surface area contributed by atoms with Crippen molar-refractivity contribution in [2.75, 3.05) is 13.7 Å². The van der Waals surface area contributed by atoms with Crippen molar-refractivity contribution in [3.05, 3.63) is 74.0 Å². The topological polar surface area (TPSA) is 86.7 Å². The lowest BCUT2D eigenvalue weighted by Crippen LogP contribution is -2.19. The molecular formula is C19H16ClN3O4S. The molecule has 0 atom stereocenters. The Morgan fingerprint density at radius 1 is 1.36 bits per heavy atom. The number of amides is 1. The van der Waals surface area contributed by atoms with Gasteiger partial charge in [0.05, 0.1) is 21.7 Å². The Balaban J connectivity index is 2.01. The summed E-state index contributed by atoms with van der Waals surface area (Å²) >= 11 is 7.37. The number of halogens is 1. The number of nitrogens with zero attached hydrogens (tertiary/aromatic N) is 3. The van der Waals surface area contributed by atoms with Crippen molar-refractivity contribution in [2.24, 2.45) is 4.99 Å². The Bertz CT molecular complexity index is 1130. The van der Waals surface area contributed by atoms with Crippen molar-refractivity contribution in [1.29, 1.82) is 0 Å². The highest BCUT2D eigenvalue weighted by molar-refractivity contribution is 7.16. The molecule has 3 rings (SSSR count). The summed E-state index contributed by atoms with van der Waals surface area (Å²) in [6.45, 7) is 0.795. The van der Waals surface area contributed by atoms with Gasteiger partial charge < -0.3 is 9.30 Å². The molecule has 0 bridgehead atoms. The molecule has 0 unspecified atom stereocenters. The van der Waals surface area contributed by atoms with Crippen LogP contribution in [0.4, 0.5) is 5.69 Å². The fourth-order valence-electron chi connectivity index (χ4n) is 2.56.